The van der Waals surface area contributed by atoms with Gasteiger partial charge in [0.2, 0.25) is 5.91 Å². The normalized spacial score (nSPS) is 11.5. The molecule has 0 heterocycles. The zero-order valence-corrected chi connectivity index (χ0v) is 20.5. The lowest BCUT2D eigenvalue weighted by atomic mass is 10.0. The smallest absolute Gasteiger partial charge is 0.261 e. The van der Waals surface area contributed by atoms with Gasteiger partial charge >= 0.3 is 0 Å². The minimum absolute atomic E-state index is 0.0733. The molecule has 2 amide bonds. The number of benzene rings is 3. The molecule has 0 fully saturated rings. The lowest BCUT2D eigenvalue weighted by Gasteiger charge is -2.31. The highest BCUT2D eigenvalue weighted by atomic mass is 35.5. The fraction of sp³-hybridized carbons (Fsp3) is 0.286. The number of hydrogen-bond donors (Lipinski definition) is 1. The molecule has 0 radical (unpaired) electrons. The maximum Gasteiger partial charge on any atom is 0.261 e. The van der Waals surface area contributed by atoms with Crippen LogP contribution >= 0.6 is 11.6 Å². The Hall–Kier alpha value is -3.38. The highest BCUT2D eigenvalue weighted by Gasteiger charge is 2.31. The number of nitrogens with one attached hydrogen (secondary N) is 1. The van der Waals surface area contributed by atoms with E-state index in [1.54, 1.807) is 42.5 Å². The Morgan fingerprint density at radius 1 is 1.00 bits per heavy atom. The number of rotatable bonds is 12. The van der Waals surface area contributed by atoms with Crippen LogP contribution in [0.3, 0.4) is 0 Å². The number of para-hydroxylation sites is 1. The Kier molecular flexibility index (Phi) is 10.1. The molecule has 7 heteroatoms. The predicted octanol–water partition coefficient (Wildman–Crippen LogP) is 5.41. The van der Waals surface area contributed by atoms with Crippen LogP contribution < -0.4 is 10.1 Å². The van der Waals surface area contributed by atoms with Gasteiger partial charge in [0.1, 0.15) is 17.6 Å². The van der Waals surface area contributed by atoms with E-state index in [1.165, 1.54) is 11.0 Å². The van der Waals surface area contributed by atoms with E-state index < -0.39 is 17.8 Å². The second-order valence-electron chi connectivity index (χ2n) is 8.18. The van der Waals surface area contributed by atoms with Crippen molar-refractivity contribution in [3.05, 3.63) is 101 Å². The molecule has 0 bridgehead atoms. The molecule has 35 heavy (non-hydrogen) atoms. The fourth-order valence-corrected chi connectivity index (χ4v) is 3.84. The van der Waals surface area contributed by atoms with Gasteiger partial charge in [0, 0.05) is 25.1 Å². The van der Waals surface area contributed by atoms with E-state index in [0.29, 0.717) is 22.9 Å². The Balaban J connectivity index is 1.90. The van der Waals surface area contributed by atoms with Crippen LogP contribution in [0.4, 0.5) is 4.39 Å². The van der Waals surface area contributed by atoms with E-state index in [9.17, 15) is 14.0 Å². The third kappa shape index (κ3) is 7.82. The molecule has 0 unspecified atom stereocenters. The van der Waals surface area contributed by atoms with Crippen molar-refractivity contribution in [1.29, 1.82) is 0 Å². The predicted molar refractivity (Wildman–Crippen MR) is 136 cm³/mol. The van der Waals surface area contributed by atoms with E-state index in [2.05, 4.69) is 5.32 Å². The van der Waals surface area contributed by atoms with Gasteiger partial charge < -0.3 is 15.0 Å². The zero-order valence-electron chi connectivity index (χ0n) is 19.8. The van der Waals surface area contributed by atoms with Crippen LogP contribution in [0.2, 0.25) is 5.02 Å². The van der Waals surface area contributed by atoms with E-state index in [4.69, 9.17) is 16.3 Å². The molecule has 0 aromatic heterocycles. The molecule has 1 atom stereocenters. The van der Waals surface area contributed by atoms with E-state index in [0.717, 1.165) is 18.4 Å². The SMILES string of the molecule is CCCCNC(=O)[C@@H](Cc1ccccc1)N(Cc1ccccc1F)C(=O)COc1ccccc1Cl. The Morgan fingerprint density at radius 2 is 1.69 bits per heavy atom. The molecular weight excluding hydrogens is 467 g/mol. The van der Waals surface area contributed by atoms with Crippen molar-refractivity contribution in [3.8, 4) is 5.75 Å². The lowest BCUT2D eigenvalue weighted by Crippen LogP contribution is -2.52. The first-order chi connectivity index (χ1) is 17.0. The van der Waals surface area contributed by atoms with Gasteiger partial charge in [-0.15, -0.1) is 0 Å². The first kappa shape index (κ1) is 26.2. The van der Waals surface area contributed by atoms with Crippen LogP contribution in [-0.2, 0) is 22.6 Å². The second-order valence-corrected chi connectivity index (χ2v) is 8.59. The number of hydrogen-bond acceptors (Lipinski definition) is 3. The largest absolute Gasteiger partial charge is 0.482 e. The Labute approximate surface area is 210 Å². The van der Waals surface area contributed by atoms with Crippen LogP contribution in [-0.4, -0.2) is 35.9 Å². The van der Waals surface area contributed by atoms with Crippen LogP contribution in [0.15, 0.2) is 78.9 Å². The average Bonchev–Trinajstić information content (AvgIpc) is 2.87. The quantitative estimate of drug-likeness (QED) is 0.341. The van der Waals surface area contributed by atoms with Crippen LogP contribution in [0.5, 0.6) is 5.75 Å². The van der Waals surface area contributed by atoms with Crippen molar-refractivity contribution in [2.75, 3.05) is 13.2 Å². The van der Waals surface area contributed by atoms with Crippen LogP contribution in [0.1, 0.15) is 30.9 Å². The standard InChI is InChI=1S/C28H30ClFN2O3/c1-2-3-17-31-28(34)25(18-21-11-5-4-6-12-21)32(19-22-13-7-9-15-24(22)30)27(33)20-35-26-16-10-8-14-23(26)29/h4-16,25H,2-3,17-20H2,1H3,(H,31,34)/t25-/m1/s1. The van der Waals surface area contributed by atoms with Crippen molar-refractivity contribution in [2.45, 2.75) is 38.8 Å². The summed E-state index contributed by atoms with van der Waals surface area (Å²) in [6, 6.07) is 21.7. The minimum atomic E-state index is -0.851. The number of carbonyl (C=O) groups excluding carboxylic acids is 2. The molecule has 0 saturated carbocycles. The van der Waals surface area contributed by atoms with Gasteiger partial charge in [0.05, 0.1) is 5.02 Å². The summed E-state index contributed by atoms with van der Waals surface area (Å²) in [4.78, 5) is 28.2. The highest BCUT2D eigenvalue weighted by Crippen LogP contribution is 2.24. The van der Waals surface area contributed by atoms with E-state index >= 15 is 0 Å². The van der Waals surface area contributed by atoms with E-state index in [1.807, 2.05) is 37.3 Å². The van der Waals surface area contributed by atoms with Crippen molar-refractivity contribution < 1.29 is 18.7 Å². The average molecular weight is 497 g/mol. The molecule has 0 aliphatic rings. The summed E-state index contributed by atoms with van der Waals surface area (Å²) < 4.78 is 20.2. The van der Waals surface area contributed by atoms with E-state index in [-0.39, 0.29) is 25.5 Å². The Bertz CT molecular complexity index is 1110. The van der Waals surface area contributed by atoms with Crippen molar-refractivity contribution in [1.82, 2.24) is 10.2 Å². The first-order valence-electron chi connectivity index (χ1n) is 11.7. The van der Waals surface area contributed by atoms with Crippen molar-refractivity contribution in [3.63, 3.8) is 0 Å². The summed E-state index contributed by atoms with van der Waals surface area (Å²) in [5, 5.41) is 3.31. The molecular formula is C28H30ClFN2O3. The number of amides is 2. The minimum Gasteiger partial charge on any atom is -0.482 e. The molecule has 0 saturated heterocycles. The van der Waals surface area contributed by atoms with Crippen molar-refractivity contribution in [2.24, 2.45) is 0 Å². The third-order valence-corrected chi connectivity index (χ3v) is 5.90. The molecule has 0 aliphatic carbocycles. The zero-order chi connectivity index (χ0) is 25.0. The molecule has 1 N–H and O–H groups in total. The van der Waals surface area contributed by atoms with Gasteiger partial charge in [-0.2, -0.15) is 0 Å². The van der Waals surface area contributed by atoms with Gasteiger partial charge in [-0.05, 0) is 30.2 Å². The number of nitrogens with zero attached hydrogens (tertiary/aromatic N) is 1. The van der Waals surface area contributed by atoms with Gasteiger partial charge in [-0.3, -0.25) is 9.59 Å². The molecule has 5 nitrogen and oxygen atoms in total. The number of carbonyl (C=O) groups is 2. The Morgan fingerprint density at radius 3 is 2.40 bits per heavy atom. The summed E-state index contributed by atoms with van der Waals surface area (Å²) in [5.41, 5.74) is 1.21. The van der Waals surface area contributed by atoms with Gasteiger partial charge in [-0.25, -0.2) is 4.39 Å². The highest BCUT2D eigenvalue weighted by molar-refractivity contribution is 6.32. The first-order valence-corrected chi connectivity index (χ1v) is 12.1. The molecule has 3 aromatic rings. The third-order valence-electron chi connectivity index (χ3n) is 5.59. The topological polar surface area (TPSA) is 58.6 Å². The number of unbranched alkanes of at least 4 members (excludes halogenated alkanes) is 1. The van der Waals surface area contributed by atoms with Gasteiger partial charge in [-0.1, -0.05) is 85.6 Å². The number of ether oxygens (including phenoxy) is 1. The summed E-state index contributed by atoms with van der Waals surface area (Å²) >= 11 is 6.17. The molecule has 3 aromatic carbocycles. The summed E-state index contributed by atoms with van der Waals surface area (Å²) in [7, 11) is 0. The maximum absolute atomic E-state index is 14.6. The monoisotopic (exact) mass is 496 g/mol. The molecule has 184 valence electrons. The van der Waals surface area contributed by atoms with Gasteiger partial charge in [0.15, 0.2) is 6.61 Å². The molecule has 0 spiro atoms. The van der Waals surface area contributed by atoms with Crippen molar-refractivity contribution >= 4 is 23.4 Å². The molecule has 3 rings (SSSR count). The second kappa shape index (κ2) is 13.5. The number of halogens is 2. The molecule has 0 aliphatic heterocycles. The van der Waals surface area contributed by atoms with Crippen LogP contribution in [0.25, 0.3) is 0 Å². The van der Waals surface area contributed by atoms with Crippen LogP contribution in [0, 0.1) is 5.82 Å². The summed E-state index contributed by atoms with van der Waals surface area (Å²) in [6.45, 7) is 2.12. The summed E-state index contributed by atoms with van der Waals surface area (Å²) in [5.74, 6) is -0.813. The summed E-state index contributed by atoms with van der Waals surface area (Å²) in [6.07, 6.45) is 2.03. The lowest BCUT2D eigenvalue weighted by molar-refractivity contribution is -0.142. The van der Waals surface area contributed by atoms with Gasteiger partial charge in [0.25, 0.3) is 5.91 Å². The maximum atomic E-state index is 14.6. The fourth-order valence-electron chi connectivity index (χ4n) is 3.65.